The van der Waals surface area contributed by atoms with Crippen molar-refractivity contribution in [3.05, 3.63) is 67.1 Å². The molecule has 4 aromatic rings. The van der Waals surface area contributed by atoms with E-state index in [1.165, 1.54) is 12.1 Å². The van der Waals surface area contributed by atoms with Crippen LogP contribution in [0.2, 0.25) is 0 Å². The molecule has 0 aliphatic carbocycles. The van der Waals surface area contributed by atoms with Crippen LogP contribution in [0.4, 0.5) is 4.39 Å². The van der Waals surface area contributed by atoms with Gasteiger partial charge in [0, 0.05) is 46.8 Å². The Morgan fingerprint density at radius 3 is 2.73 bits per heavy atom. The van der Waals surface area contributed by atoms with Crippen molar-refractivity contribution in [1.82, 2.24) is 19.7 Å². The van der Waals surface area contributed by atoms with E-state index in [2.05, 4.69) is 15.1 Å². The Hall–Kier alpha value is -2.95. The molecule has 0 unspecified atom stereocenters. The van der Waals surface area contributed by atoms with E-state index >= 15 is 0 Å². The molecule has 0 aliphatic rings. The first kappa shape index (κ1) is 14.0. The fraction of sp³-hybridized carbons (Fsp3) is 0.0588. The first-order valence-corrected chi connectivity index (χ1v) is 6.53. The van der Waals surface area contributed by atoms with Crippen molar-refractivity contribution in [1.29, 1.82) is 0 Å². The van der Waals surface area contributed by atoms with Crippen LogP contribution >= 0.6 is 0 Å². The molecule has 1 N–H and O–H groups in total. The number of H-pyrrole nitrogens is 1. The SMILES string of the molecule is C.Fc1ccc2c(-c3cnn(-c4ccncc4)c3)c[nH]c2c1. The van der Waals surface area contributed by atoms with Gasteiger partial charge in [0.15, 0.2) is 0 Å². The number of nitrogens with one attached hydrogen (secondary N) is 1. The minimum atomic E-state index is -0.247. The molecular weight excluding hydrogens is 279 g/mol. The van der Waals surface area contributed by atoms with Crippen LogP contribution in [0.15, 0.2) is 61.3 Å². The minimum Gasteiger partial charge on any atom is -0.360 e. The maximum atomic E-state index is 13.2. The molecule has 22 heavy (non-hydrogen) atoms. The van der Waals surface area contributed by atoms with E-state index < -0.39 is 0 Å². The molecule has 0 atom stereocenters. The van der Waals surface area contributed by atoms with Crippen LogP contribution in [-0.2, 0) is 0 Å². The molecule has 0 saturated heterocycles. The second-order valence-corrected chi connectivity index (χ2v) is 4.77. The molecule has 5 heteroatoms. The van der Waals surface area contributed by atoms with E-state index in [9.17, 15) is 4.39 Å². The molecule has 0 amide bonds. The first-order valence-electron chi connectivity index (χ1n) is 6.53. The number of benzene rings is 1. The Labute approximate surface area is 127 Å². The molecule has 0 aliphatic heterocycles. The zero-order chi connectivity index (χ0) is 14.2. The summed E-state index contributed by atoms with van der Waals surface area (Å²) in [4.78, 5) is 7.08. The summed E-state index contributed by atoms with van der Waals surface area (Å²) in [7, 11) is 0. The van der Waals surface area contributed by atoms with Crippen molar-refractivity contribution in [3.63, 3.8) is 0 Å². The number of aromatic nitrogens is 4. The number of hydrogen-bond acceptors (Lipinski definition) is 2. The Bertz CT molecular complexity index is 909. The van der Waals surface area contributed by atoms with Gasteiger partial charge in [-0.15, -0.1) is 0 Å². The van der Waals surface area contributed by atoms with Gasteiger partial charge in [0.1, 0.15) is 5.82 Å². The number of rotatable bonds is 2. The smallest absolute Gasteiger partial charge is 0.125 e. The van der Waals surface area contributed by atoms with Gasteiger partial charge in [0.25, 0.3) is 0 Å². The molecule has 4 nitrogen and oxygen atoms in total. The predicted molar refractivity (Wildman–Crippen MR) is 85.3 cm³/mol. The summed E-state index contributed by atoms with van der Waals surface area (Å²) in [5, 5.41) is 5.35. The molecule has 3 aromatic heterocycles. The van der Waals surface area contributed by atoms with Gasteiger partial charge in [-0.05, 0) is 30.3 Å². The van der Waals surface area contributed by atoms with Gasteiger partial charge in [-0.2, -0.15) is 5.10 Å². The molecule has 0 bridgehead atoms. The van der Waals surface area contributed by atoms with E-state index in [0.29, 0.717) is 0 Å². The van der Waals surface area contributed by atoms with Gasteiger partial charge < -0.3 is 4.98 Å². The number of aromatic amines is 1. The van der Waals surface area contributed by atoms with Crippen molar-refractivity contribution in [3.8, 4) is 16.8 Å². The normalized spacial score (nSPS) is 10.6. The summed E-state index contributed by atoms with van der Waals surface area (Å²) in [6, 6.07) is 8.52. The lowest BCUT2D eigenvalue weighted by molar-refractivity contribution is 0.629. The van der Waals surface area contributed by atoms with Gasteiger partial charge in [-0.25, -0.2) is 9.07 Å². The van der Waals surface area contributed by atoms with E-state index in [1.54, 1.807) is 29.3 Å². The zero-order valence-electron chi connectivity index (χ0n) is 11.0. The second-order valence-electron chi connectivity index (χ2n) is 4.77. The highest BCUT2D eigenvalue weighted by Gasteiger charge is 2.09. The summed E-state index contributed by atoms with van der Waals surface area (Å²) < 4.78 is 15.0. The monoisotopic (exact) mass is 294 g/mol. The van der Waals surface area contributed by atoms with Crippen LogP contribution < -0.4 is 0 Å². The molecule has 0 saturated carbocycles. The summed E-state index contributed by atoms with van der Waals surface area (Å²) in [5.74, 6) is -0.247. The van der Waals surface area contributed by atoms with E-state index in [4.69, 9.17) is 0 Å². The number of pyridine rings is 1. The molecule has 0 fully saturated rings. The van der Waals surface area contributed by atoms with Gasteiger partial charge in [0.2, 0.25) is 0 Å². The lowest BCUT2D eigenvalue weighted by Crippen LogP contribution is -1.93. The van der Waals surface area contributed by atoms with Crippen LogP contribution in [0, 0.1) is 5.82 Å². The lowest BCUT2D eigenvalue weighted by atomic mass is 10.1. The fourth-order valence-corrected chi connectivity index (χ4v) is 2.44. The average Bonchev–Trinajstić information content (AvgIpc) is 3.13. The quantitative estimate of drug-likeness (QED) is 0.602. The standard InChI is InChI=1S/C16H11FN4.CH4/c17-12-1-2-14-15(9-19-16(14)7-12)11-8-20-21(10-11)13-3-5-18-6-4-13;/h1-10,19H;1H4. The molecule has 110 valence electrons. The summed E-state index contributed by atoms with van der Waals surface area (Å²) in [5.41, 5.74) is 3.71. The fourth-order valence-electron chi connectivity index (χ4n) is 2.44. The zero-order valence-corrected chi connectivity index (χ0v) is 11.0. The number of nitrogens with zero attached hydrogens (tertiary/aromatic N) is 3. The van der Waals surface area contributed by atoms with Crippen molar-refractivity contribution >= 4 is 10.9 Å². The maximum absolute atomic E-state index is 13.2. The van der Waals surface area contributed by atoms with Gasteiger partial charge in [-0.1, -0.05) is 7.43 Å². The highest BCUT2D eigenvalue weighted by molar-refractivity contribution is 5.95. The second kappa shape index (κ2) is 5.44. The maximum Gasteiger partial charge on any atom is 0.125 e. The van der Waals surface area contributed by atoms with Gasteiger partial charge >= 0.3 is 0 Å². The van der Waals surface area contributed by atoms with Crippen LogP contribution in [0.25, 0.3) is 27.7 Å². The van der Waals surface area contributed by atoms with E-state index in [-0.39, 0.29) is 13.2 Å². The molecule has 0 spiro atoms. The molecular formula is C17H15FN4. The third-order valence-corrected chi connectivity index (χ3v) is 3.46. The third kappa shape index (κ3) is 2.26. The Morgan fingerprint density at radius 2 is 1.91 bits per heavy atom. The van der Waals surface area contributed by atoms with Gasteiger partial charge in [0.05, 0.1) is 11.9 Å². The molecule has 0 radical (unpaired) electrons. The molecule has 4 rings (SSSR count). The largest absolute Gasteiger partial charge is 0.360 e. The average molecular weight is 294 g/mol. The number of halogens is 1. The van der Waals surface area contributed by atoms with Crippen LogP contribution in [0.5, 0.6) is 0 Å². The van der Waals surface area contributed by atoms with Crippen LogP contribution in [0.1, 0.15) is 7.43 Å². The van der Waals surface area contributed by atoms with Crippen LogP contribution in [-0.4, -0.2) is 19.7 Å². The minimum absolute atomic E-state index is 0. The van der Waals surface area contributed by atoms with E-state index in [1.807, 2.05) is 24.5 Å². The number of fused-ring (bicyclic) bond motifs is 1. The Kier molecular flexibility index (Phi) is 3.47. The third-order valence-electron chi connectivity index (χ3n) is 3.46. The van der Waals surface area contributed by atoms with Crippen molar-refractivity contribution in [2.45, 2.75) is 7.43 Å². The van der Waals surface area contributed by atoms with Crippen molar-refractivity contribution in [2.24, 2.45) is 0 Å². The lowest BCUT2D eigenvalue weighted by Gasteiger charge is -1.98. The Morgan fingerprint density at radius 1 is 1.09 bits per heavy atom. The van der Waals surface area contributed by atoms with Gasteiger partial charge in [-0.3, -0.25) is 4.98 Å². The summed E-state index contributed by atoms with van der Waals surface area (Å²) in [6.45, 7) is 0. The van der Waals surface area contributed by atoms with E-state index in [0.717, 1.165) is 27.7 Å². The highest BCUT2D eigenvalue weighted by atomic mass is 19.1. The van der Waals surface area contributed by atoms with Crippen molar-refractivity contribution < 1.29 is 4.39 Å². The van der Waals surface area contributed by atoms with Crippen molar-refractivity contribution in [2.75, 3.05) is 0 Å². The number of hydrogen-bond donors (Lipinski definition) is 1. The first-order chi connectivity index (χ1) is 10.3. The Balaban J connectivity index is 0.00000144. The molecule has 1 aromatic carbocycles. The van der Waals surface area contributed by atoms with Crippen LogP contribution in [0.3, 0.4) is 0 Å². The topological polar surface area (TPSA) is 46.5 Å². The summed E-state index contributed by atoms with van der Waals surface area (Å²) >= 11 is 0. The molecule has 3 heterocycles. The highest BCUT2D eigenvalue weighted by Crippen LogP contribution is 2.29. The predicted octanol–water partition coefficient (Wildman–Crippen LogP) is 4.19. The summed E-state index contributed by atoms with van der Waals surface area (Å²) in [6.07, 6.45) is 9.07.